The maximum absolute atomic E-state index is 13.4. The number of imidazole rings is 1. The van der Waals surface area contributed by atoms with Crippen LogP contribution in [0.5, 0.6) is 0 Å². The quantitative estimate of drug-likeness (QED) is 0.693. The molecule has 0 aliphatic carbocycles. The number of hydrogen-bond acceptors (Lipinski definition) is 2. The fourth-order valence-electron chi connectivity index (χ4n) is 3.61. The molecule has 2 aromatic carbocycles. The van der Waals surface area contributed by atoms with Gasteiger partial charge in [0.15, 0.2) is 0 Å². The maximum Gasteiger partial charge on any atom is 0.449 e. The summed E-state index contributed by atoms with van der Waals surface area (Å²) in [4.78, 5) is 18.2. The Balaban J connectivity index is 1.75. The van der Waals surface area contributed by atoms with Crippen molar-refractivity contribution in [1.82, 2.24) is 9.55 Å². The van der Waals surface area contributed by atoms with E-state index < -0.39 is 18.5 Å². The predicted molar refractivity (Wildman–Crippen MR) is 91.8 cm³/mol. The Morgan fingerprint density at radius 2 is 1.85 bits per heavy atom. The lowest BCUT2D eigenvalue weighted by Crippen LogP contribution is -2.38. The van der Waals surface area contributed by atoms with Gasteiger partial charge in [-0.3, -0.25) is 4.79 Å². The second-order valence-electron chi connectivity index (χ2n) is 6.45. The number of nitrogens with zero attached hydrogens (tertiary/aromatic N) is 3. The average Bonchev–Trinajstić information content (AvgIpc) is 3.12. The molecule has 0 radical (unpaired) electrons. The molecule has 1 aromatic heterocycles. The first-order valence-corrected chi connectivity index (χ1v) is 8.28. The van der Waals surface area contributed by atoms with Crippen LogP contribution in [0.15, 0.2) is 48.5 Å². The van der Waals surface area contributed by atoms with E-state index >= 15 is 0 Å². The third-order valence-corrected chi connectivity index (χ3v) is 4.68. The number of amides is 1. The van der Waals surface area contributed by atoms with Gasteiger partial charge in [0.05, 0.1) is 11.0 Å². The number of aromatic nitrogens is 2. The van der Waals surface area contributed by atoms with E-state index in [4.69, 9.17) is 0 Å². The molecule has 1 aliphatic rings. The van der Waals surface area contributed by atoms with Crippen molar-refractivity contribution in [2.75, 3.05) is 4.90 Å². The molecule has 0 bridgehead atoms. The zero-order chi connectivity index (χ0) is 18.5. The Morgan fingerprint density at radius 1 is 1.15 bits per heavy atom. The molecule has 0 saturated carbocycles. The first-order chi connectivity index (χ1) is 12.4. The van der Waals surface area contributed by atoms with Crippen LogP contribution < -0.4 is 4.90 Å². The highest BCUT2D eigenvalue weighted by molar-refractivity contribution is 5.96. The number of hydrogen-bond donors (Lipinski definition) is 0. The molecule has 0 unspecified atom stereocenters. The molecule has 4 rings (SSSR count). The second kappa shape index (κ2) is 5.86. The highest BCUT2D eigenvalue weighted by Gasteiger charge is 2.39. The van der Waals surface area contributed by atoms with Crippen LogP contribution in [0.1, 0.15) is 18.3 Å². The molecule has 0 saturated heterocycles. The third kappa shape index (κ3) is 2.64. The summed E-state index contributed by atoms with van der Waals surface area (Å²) < 4.78 is 41.2. The number of alkyl halides is 3. The lowest BCUT2D eigenvalue weighted by molar-refractivity contribution is -0.147. The predicted octanol–water partition coefficient (Wildman–Crippen LogP) is 4.03. The SMILES string of the molecule is C[C@H]1Cc2ccccc2N1C(=O)Cn1c(C(F)(F)F)nc2ccccc21. The molecule has 3 aromatic rings. The molecule has 1 amide bonds. The van der Waals surface area contributed by atoms with Gasteiger partial charge in [0, 0.05) is 11.7 Å². The van der Waals surface area contributed by atoms with Crippen molar-refractivity contribution >= 4 is 22.6 Å². The normalized spacial score (nSPS) is 16.9. The Morgan fingerprint density at radius 3 is 2.62 bits per heavy atom. The van der Waals surface area contributed by atoms with E-state index in [1.165, 1.54) is 6.07 Å². The zero-order valence-electron chi connectivity index (χ0n) is 14.0. The van der Waals surface area contributed by atoms with Crippen LogP contribution >= 0.6 is 0 Å². The Kier molecular flexibility index (Phi) is 3.75. The Labute approximate surface area is 147 Å². The number of halogens is 3. The summed E-state index contributed by atoms with van der Waals surface area (Å²) in [5.41, 5.74) is 2.32. The summed E-state index contributed by atoms with van der Waals surface area (Å²) in [6.45, 7) is 1.49. The first kappa shape index (κ1) is 16.6. The second-order valence-corrected chi connectivity index (χ2v) is 6.45. The van der Waals surface area contributed by atoms with E-state index in [0.29, 0.717) is 11.9 Å². The van der Waals surface area contributed by atoms with Crippen molar-refractivity contribution in [3.8, 4) is 0 Å². The van der Waals surface area contributed by atoms with Gasteiger partial charge < -0.3 is 9.47 Å². The summed E-state index contributed by atoms with van der Waals surface area (Å²) in [5.74, 6) is -1.43. The largest absolute Gasteiger partial charge is 0.449 e. The van der Waals surface area contributed by atoms with Gasteiger partial charge in [0.1, 0.15) is 6.54 Å². The molecule has 7 heteroatoms. The van der Waals surface area contributed by atoms with Crippen LogP contribution in [-0.2, 0) is 23.9 Å². The number of rotatable bonds is 2. The van der Waals surface area contributed by atoms with Crippen LogP contribution in [0, 0.1) is 0 Å². The summed E-state index contributed by atoms with van der Waals surface area (Å²) in [5, 5.41) is 0. The van der Waals surface area contributed by atoms with Crippen LogP contribution in [-0.4, -0.2) is 21.5 Å². The Bertz CT molecular complexity index is 993. The number of carbonyl (C=O) groups excluding carboxylic acids is 1. The molecular weight excluding hydrogens is 343 g/mol. The topological polar surface area (TPSA) is 38.1 Å². The number of benzene rings is 2. The van der Waals surface area contributed by atoms with Gasteiger partial charge in [0.25, 0.3) is 0 Å². The first-order valence-electron chi connectivity index (χ1n) is 8.28. The van der Waals surface area contributed by atoms with E-state index in [1.807, 2.05) is 31.2 Å². The monoisotopic (exact) mass is 359 g/mol. The van der Waals surface area contributed by atoms with Crippen molar-refractivity contribution in [3.63, 3.8) is 0 Å². The lowest BCUT2D eigenvalue weighted by Gasteiger charge is -2.23. The van der Waals surface area contributed by atoms with E-state index in [1.54, 1.807) is 23.1 Å². The molecule has 1 atom stereocenters. The fourth-order valence-corrected chi connectivity index (χ4v) is 3.61. The number of anilines is 1. The minimum atomic E-state index is -4.63. The summed E-state index contributed by atoms with van der Waals surface area (Å²) in [7, 11) is 0. The number of carbonyl (C=O) groups is 1. The highest BCUT2D eigenvalue weighted by Crippen LogP contribution is 2.34. The van der Waals surface area contributed by atoms with Gasteiger partial charge in [-0.15, -0.1) is 0 Å². The maximum atomic E-state index is 13.4. The number of para-hydroxylation sites is 3. The van der Waals surface area contributed by atoms with Crippen LogP contribution in [0.3, 0.4) is 0 Å². The van der Waals surface area contributed by atoms with Crippen LogP contribution in [0.4, 0.5) is 18.9 Å². The molecule has 2 heterocycles. The van der Waals surface area contributed by atoms with Gasteiger partial charge in [-0.2, -0.15) is 13.2 Å². The van der Waals surface area contributed by atoms with Gasteiger partial charge in [-0.1, -0.05) is 30.3 Å². The molecular formula is C19H16F3N3O. The van der Waals surface area contributed by atoms with Gasteiger partial charge >= 0.3 is 6.18 Å². The van der Waals surface area contributed by atoms with E-state index in [9.17, 15) is 18.0 Å². The smallest absolute Gasteiger partial charge is 0.311 e. The Hall–Kier alpha value is -2.83. The van der Waals surface area contributed by atoms with E-state index in [2.05, 4.69) is 4.98 Å². The highest BCUT2D eigenvalue weighted by atomic mass is 19.4. The molecule has 1 aliphatic heterocycles. The number of fused-ring (bicyclic) bond motifs is 2. The van der Waals surface area contributed by atoms with Crippen LogP contribution in [0.25, 0.3) is 11.0 Å². The fraction of sp³-hybridized carbons (Fsp3) is 0.263. The molecule has 26 heavy (non-hydrogen) atoms. The van der Waals surface area contributed by atoms with Gasteiger partial charge in [-0.25, -0.2) is 4.98 Å². The van der Waals surface area contributed by atoms with E-state index in [-0.39, 0.29) is 17.5 Å². The minimum absolute atomic E-state index is 0.0935. The molecule has 0 N–H and O–H groups in total. The van der Waals surface area contributed by atoms with Gasteiger partial charge in [0.2, 0.25) is 11.7 Å². The molecule has 0 fully saturated rings. The lowest BCUT2D eigenvalue weighted by atomic mass is 10.1. The van der Waals surface area contributed by atoms with Crippen molar-refractivity contribution < 1.29 is 18.0 Å². The van der Waals surface area contributed by atoms with E-state index in [0.717, 1.165) is 15.8 Å². The minimum Gasteiger partial charge on any atom is -0.311 e. The summed E-state index contributed by atoms with van der Waals surface area (Å²) >= 11 is 0. The zero-order valence-corrected chi connectivity index (χ0v) is 14.0. The third-order valence-electron chi connectivity index (χ3n) is 4.68. The summed E-state index contributed by atoms with van der Waals surface area (Å²) in [6, 6.07) is 13.7. The van der Waals surface area contributed by atoms with Crippen molar-refractivity contribution in [2.24, 2.45) is 0 Å². The van der Waals surface area contributed by atoms with Crippen molar-refractivity contribution in [3.05, 3.63) is 59.9 Å². The van der Waals surface area contributed by atoms with Crippen LogP contribution in [0.2, 0.25) is 0 Å². The van der Waals surface area contributed by atoms with Crippen molar-refractivity contribution in [2.45, 2.75) is 32.1 Å². The molecule has 134 valence electrons. The van der Waals surface area contributed by atoms with Gasteiger partial charge in [-0.05, 0) is 37.1 Å². The summed E-state index contributed by atoms with van der Waals surface area (Å²) in [6.07, 6.45) is -3.94. The molecule has 0 spiro atoms. The standard InChI is InChI=1S/C19H16F3N3O/c1-12-10-13-6-2-4-8-15(13)25(12)17(26)11-24-16-9-5-3-7-14(16)23-18(24)19(20,21)22/h2-9,12H,10-11H2,1H3/t12-/m0/s1. The molecule has 4 nitrogen and oxygen atoms in total. The van der Waals surface area contributed by atoms with Crippen molar-refractivity contribution in [1.29, 1.82) is 0 Å². The average molecular weight is 359 g/mol.